The molecule has 2 aliphatic rings. The Labute approximate surface area is 154 Å². The van der Waals surface area contributed by atoms with E-state index in [9.17, 15) is 18.0 Å². The molecule has 2 amide bonds. The number of likely N-dealkylation sites (tertiary alicyclic amines) is 1. The average molecular weight is 371 g/mol. The molecule has 2 aliphatic heterocycles. The number of carbonyl (C=O) groups is 1. The third kappa shape index (κ3) is 3.45. The van der Waals surface area contributed by atoms with Gasteiger partial charge in [-0.25, -0.2) is 23.0 Å². The van der Waals surface area contributed by atoms with Gasteiger partial charge in [0.1, 0.15) is 17.5 Å². The van der Waals surface area contributed by atoms with Gasteiger partial charge in [-0.3, -0.25) is 0 Å². The molecule has 0 spiro atoms. The molecule has 0 bridgehead atoms. The lowest BCUT2D eigenvalue weighted by Crippen LogP contribution is -2.49. The van der Waals surface area contributed by atoms with Gasteiger partial charge in [-0.15, -0.1) is 0 Å². The van der Waals surface area contributed by atoms with E-state index >= 15 is 0 Å². The standard InChI is InChI=1S/C20H16F3N3O/c21-16-8-15(9-17(22)10-16)19-5-6-24-26(19)20(27)25-11-13(12-25)7-14-3-1-2-4-18(14)23/h1-4,6-10,19H,5,11-12H2/t19-/m0/s1. The Hall–Kier alpha value is -3.09. The second-order valence-corrected chi connectivity index (χ2v) is 6.56. The largest absolute Gasteiger partial charge is 0.341 e. The molecule has 1 fully saturated rings. The van der Waals surface area contributed by atoms with Crippen LogP contribution in [0, 0.1) is 17.5 Å². The number of hydrogen-bond donors (Lipinski definition) is 0. The lowest BCUT2D eigenvalue weighted by atomic mass is 10.0. The number of amides is 2. The monoisotopic (exact) mass is 371 g/mol. The number of hydrazone groups is 1. The van der Waals surface area contributed by atoms with Crippen LogP contribution in [0.15, 0.2) is 53.1 Å². The van der Waals surface area contributed by atoms with Crippen LogP contribution >= 0.6 is 0 Å². The van der Waals surface area contributed by atoms with Gasteiger partial charge >= 0.3 is 6.03 Å². The number of hydrogen-bond acceptors (Lipinski definition) is 2. The van der Waals surface area contributed by atoms with Crippen LogP contribution in [0.3, 0.4) is 0 Å². The number of rotatable bonds is 2. The van der Waals surface area contributed by atoms with E-state index in [1.807, 2.05) is 0 Å². The van der Waals surface area contributed by atoms with Crippen LogP contribution in [0.5, 0.6) is 0 Å². The van der Waals surface area contributed by atoms with Crippen LogP contribution in [0.4, 0.5) is 18.0 Å². The Kier molecular flexibility index (Phi) is 4.43. The van der Waals surface area contributed by atoms with Crippen LogP contribution in [0.2, 0.25) is 0 Å². The highest BCUT2D eigenvalue weighted by Gasteiger charge is 2.35. The zero-order valence-electron chi connectivity index (χ0n) is 14.3. The van der Waals surface area contributed by atoms with E-state index in [2.05, 4.69) is 5.10 Å². The van der Waals surface area contributed by atoms with Gasteiger partial charge in [0, 0.05) is 37.4 Å². The van der Waals surface area contributed by atoms with Gasteiger partial charge in [-0.05, 0) is 35.4 Å². The second kappa shape index (κ2) is 6.90. The lowest BCUT2D eigenvalue weighted by Gasteiger charge is -2.37. The summed E-state index contributed by atoms with van der Waals surface area (Å²) < 4.78 is 40.7. The quantitative estimate of drug-likeness (QED) is 0.773. The zero-order chi connectivity index (χ0) is 19.0. The molecule has 0 aliphatic carbocycles. The fraction of sp³-hybridized carbons (Fsp3) is 0.200. The molecule has 2 aromatic carbocycles. The van der Waals surface area contributed by atoms with E-state index in [0.717, 1.165) is 11.6 Å². The van der Waals surface area contributed by atoms with Crippen LogP contribution in [0.1, 0.15) is 23.6 Å². The minimum atomic E-state index is -0.691. The number of carbonyl (C=O) groups excluding carboxylic acids is 1. The zero-order valence-corrected chi connectivity index (χ0v) is 14.3. The van der Waals surface area contributed by atoms with Crippen molar-refractivity contribution in [3.8, 4) is 0 Å². The minimum Gasteiger partial charge on any atom is -0.315 e. The molecule has 4 nitrogen and oxygen atoms in total. The molecule has 1 saturated heterocycles. The predicted molar refractivity (Wildman–Crippen MR) is 95.4 cm³/mol. The summed E-state index contributed by atoms with van der Waals surface area (Å²) in [5.41, 5.74) is 1.76. The van der Waals surface area contributed by atoms with E-state index in [1.165, 1.54) is 23.2 Å². The second-order valence-electron chi connectivity index (χ2n) is 6.56. The van der Waals surface area contributed by atoms with E-state index in [4.69, 9.17) is 0 Å². The van der Waals surface area contributed by atoms with Crippen molar-refractivity contribution in [3.05, 3.63) is 76.6 Å². The molecule has 27 heavy (non-hydrogen) atoms. The summed E-state index contributed by atoms with van der Waals surface area (Å²) in [5.74, 6) is -1.70. The predicted octanol–water partition coefficient (Wildman–Crippen LogP) is 4.36. The van der Waals surface area contributed by atoms with Crippen LogP contribution < -0.4 is 0 Å². The van der Waals surface area contributed by atoms with Gasteiger partial charge in [0.05, 0.1) is 6.04 Å². The van der Waals surface area contributed by atoms with E-state index in [0.29, 0.717) is 30.6 Å². The summed E-state index contributed by atoms with van der Waals surface area (Å²) in [6, 6.07) is 8.76. The van der Waals surface area contributed by atoms with Crippen molar-refractivity contribution in [2.75, 3.05) is 13.1 Å². The fourth-order valence-electron chi connectivity index (χ4n) is 3.27. The van der Waals surface area contributed by atoms with E-state index < -0.39 is 17.7 Å². The minimum absolute atomic E-state index is 0.313. The molecule has 0 N–H and O–H groups in total. The van der Waals surface area contributed by atoms with E-state index in [-0.39, 0.29) is 11.8 Å². The van der Waals surface area contributed by atoms with Crippen molar-refractivity contribution in [2.45, 2.75) is 12.5 Å². The number of urea groups is 1. The fourth-order valence-corrected chi connectivity index (χ4v) is 3.27. The summed E-state index contributed by atoms with van der Waals surface area (Å²) in [5, 5.41) is 5.32. The first-order chi connectivity index (χ1) is 13.0. The van der Waals surface area contributed by atoms with Crippen molar-refractivity contribution >= 4 is 18.3 Å². The van der Waals surface area contributed by atoms with Gasteiger partial charge in [-0.1, -0.05) is 18.2 Å². The Morgan fingerprint density at radius 1 is 1.07 bits per heavy atom. The Bertz CT molecular complexity index is 929. The third-order valence-electron chi connectivity index (χ3n) is 4.62. The van der Waals surface area contributed by atoms with Crippen molar-refractivity contribution in [1.82, 2.24) is 9.91 Å². The Morgan fingerprint density at radius 3 is 2.48 bits per heavy atom. The lowest BCUT2D eigenvalue weighted by molar-refractivity contribution is 0.136. The van der Waals surface area contributed by atoms with Crippen molar-refractivity contribution in [3.63, 3.8) is 0 Å². The average Bonchev–Trinajstić information content (AvgIpc) is 3.07. The van der Waals surface area contributed by atoms with Gasteiger partial charge in [0.15, 0.2) is 0 Å². The maximum Gasteiger partial charge on any atom is 0.341 e. The molecule has 0 radical (unpaired) electrons. The maximum absolute atomic E-state index is 13.7. The summed E-state index contributed by atoms with van der Waals surface area (Å²) in [6.07, 6.45) is 3.67. The summed E-state index contributed by atoms with van der Waals surface area (Å²) in [7, 11) is 0. The smallest absolute Gasteiger partial charge is 0.315 e. The van der Waals surface area contributed by atoms with Crippen molar-refractivity contribution in [2.24, 2.45) is 5.10 Å². The highest BCUT2D eigenvalue weighted by atomic mass is 19.1. The first-order valence-electron chi connectivity index (χ1n) is 8.52. The highest BCUT2D eigenvalue weighted by molar-refractivity contribution is 5.80. The SMILES string of the molecule is O=C(N1CC(=Cc2ccccc2F)C1)N1N=CC[C@H]1c1cc(F)cc(F)c1. The molecule has 0 unspecified atom stereocenters. The normalized spacial score (nSPS) is 18.6. The van der Waals surface area contributed by atoms with Crippen molar-refractivity contribution in [1.29, 1.82) is 0 Å². The molecule has 0 aromatic heterocycles. The molecule has 4 rings (SSSR count). The Balaban J connectivity index is 1.46. The van der Waals surface area contributed by atoms with Gasteiger partial charge in [0.25, 0.3) is 0 Å². The van der Waals surface area contributed by atoms with Gasteiger partial charge < -0.3 is 4.90 Å². The number of halogens is 3. The van der Waals surface area contributed by atoms with Crippen LogP contribution in [-0.4, -0.2) is 35.2 Å². The first kappa shape index (κ1) is 17.3. The maximum atomic E-state index is 13.7. The first-order valence-corrected chi connectivity index (χ1v) is 8.52. The highest BCUT2D eigenvalue weighted by Crippen LogP contribution is 2.32. The summed E-state index contributed by atoms with van der Waals surface area (Å²) in [6.45, 7) is 0.729. The van der Waals surface area contributed by atoms with Gasteiger partial charge in [-0.2, -0.15) is 5.10 Å². The molecule has 138 valence electrons. The summed E-state index contributed by atoms with van der Waals surface area (Å²) in [4.78, 5) is 14.2. The molecule has 2 aromatic rings. The topological polar surface area (TPSA) is 35.9 Å². The molecule has 2 heterocycles. The third-order valence-corrected chi connectivity index (χ3v) is 4.62. The number of benzene rings is 2. The number of nitrogens with zero attached hydrogens (tertiary/aromatic N) is 3. The molecule has 7 heteroatoms. The van der Waals surface area contributed by atoms with Crippen molar-refractivity contribution < 1.29 is 18.0 Å². The molecular weight excluding hydrogens is 355 g/mol. The van der Waals surface area contributed by atoms with Crippen LogP contribution in [0.25, 0.3) is 6.08 Å². The molecule has 1 atom stereocenters. The summed E-state index contributed by atoms with van der Waals surface area (Å²) >= 11 is 0. The molecular formula is C20H16F3N3O. The Morgan fingerprint density at radius 2 is 1.78 bits per heavy atom. The van der Waals surface area contributed by atoms with Gasteiger partial charge in [0.2, 0.25) is 0 Å². The van der Waals surface area contributed by atoms with E-state index in [1.54, 1.807) is 35.4 Å². The van der Waals surface area contributed by atoms with Crippen LogP contribution in [-0.2, 0) is 0 Å². The molecule has 0 saturated carbocycles.